The molecule has 2 aromatic rings. The molecule has 0 aliphatic rings. The predicted octanol–water partition coefficient (Wildman–Crippen LogP) is 3.12. The van der Waals surface area contributed by atoms with Crippen LogP contribution in [0.3, 0.4) is 0 Å². The van der Waals surface area contributed by atoms with Crippen LogP contribution in [0.1, 0.15) is 16.2 Å². The quantitative estimate of drug-likeness (QED) is 0.641. The van der Waals surface area contributed by atoms with Gasteiger partial charge in [-0.1, -0.05) is 39.8 Å². The maximum absolute atomic E-state index is 11.8. The first-order valence-electron chi connectivity index (χ1n) is 4.87. The zero-order valence-corrected chi connectivity index (χ0v) is 11.4. The summed E-state index contributed by atoms with van der Waals surface area (Å²) in [6.07, 6.45) is 0. The molecule has 0 unspecified atom stereocenters. The molecule has 0 saturated heterocycles. The van der Waals surface area contributed by atoms with Crippen LogP contribution in [0.15, 0.2) is 38.4 Å². The van der Waals surface area contributed by atoms with Crippen LogP contribution in [0.5, 0.6) is 0 Å². The monoisotopic (exact) mass is 312 g/mol. The van der Waals surface area contributed by atoms with Crippen molar-refractivity contribution in [2.75, 3.05) is 5.75 Å². The number of thioether (sulfide) groups is 1. The van der Waals surface area contributed by atoms with Crippen molar-refractivity contribution in [3.05, 3.63) is 40.2 Å². The predicted molar refractivity (Wildman–Crippen MR) is 68.2 cm³/mol. The lowest BCUT2D eigenvalue weighted by molar-refractivity contribution is 0.102. The fraction of sp³-hybridized carbons (Fsp3) is 0.182. The SMILES string of the molecule is Cc1nnc(SCC(=O)c2cccc(Br)c2)o1. The van der Waals surface area contributed by atoms with E-state index in [-0.39, 0.29) is 11.5 Å². The van der Waals surface area contributed by atoms with Crippen molar-refractivity contribution >= 4 is 33.5 Å². The Morgan fingerprint density at radius 1 is 1.47 bits per heavy atom. The Labute approximate surface area is 111 Å². The summed E-state index contributed by atoms with van der Waals surface area (Å²) in [6, 6.07) is 7.29. The van der Waals surface area contributed by atoms with Crippen LogP contribution in [-0.2, 0) is 0 Å². The molecule has 0 radical (unpaired) electrons. The highest BCUT2D eigenvalue weighted by Crippen LogP contribution is 2.18. The number of rotatable bonds is 4. The number of carbonyl (C=O) groups excluding carboxylic acids is 1. The van der Waals surface area contributed by atoms with Crippen LogP contribution >= 0.6 is 27.7 Å². The van der Waals surface area contributed by atoms with Crippen LogP contribution in [0.25, 0.3) is 0 Å². The van der Waals surface area contributed by atoms with Gasteiger partial charge in [0.2, 0.25) is 5.89 Å². The van der Waals surface area contributed by atoms with Crippen molar-refractivity contribution in [2.24, 2.45) is 0 Å². The first kappa shape index (κ1) is 12.3. The number of aromatic nitrogens is 2. The van der Waals surface area contributed by atoms with Crippen LogP contribution in [0, 0.1) is 6.92 Å². The number of ketones is 1. The summed E-state index contributed by atoms with van der Waals surface area (Å²) < 4.78 is 6.06. The lowest BCUT2D eigenvalue weighted by atomic mass is 10.2. The number of halogens is 1. The van der Waals surface area contributed by atoms with Gasteiger partial charge in [-0.15, -0.1) is 10.2 Å². The van der Waals surface area contributed by atoms with E-state index >= 15 is 0 Å². The Balaban J connectivity index is 1.98. The Morgan fingerprint density at radius 2 is 2.29 bits per heavy atom. The topological polar surface area (TPSA) is 56.0 Å². The van der Waals surface area contributed by atoms with Crippen LogP contribution in [0.2, 0.25) is 0 Å². The standard InChI is InChI=1S/C11H9BrN2O2S/c1-7-13-14-11(16-7)17-6-10(15)8-3-2-4-9(12)5-8/h2-5H,6H2,1H3. The highest BCUT2D eigenvalue weighted by molar-refractivity contribution is 9.10. The fourth-order valence-electron chi connectivity index (χ4n) is 1.21. The third-order valence-corrected chi connectivity index (χ3v) is 3.29. The van der Waals surface area contributed by atoms with Crippen molar-refractivity contribution in [1.29, 1.82) is 0 Å². The first-order chi connectivity index (χ1) is 8.15. The Hall–Kier alpha value is -1.14. The molecule has 17 heavy (non-hydrogen) atoms. The largest absolute Gasteiger partial charge is 0.416 e. The van der Waals surface area contributed by atoms with E-state index in [1.165, 1.54) is 11.8 Å². The molecule has 1 aromatic heterocycles. The summed E-state index contributed by atoms with van der Waals surface area (Å²) >= 11 is 4.57. The van der Waals surface area contributed by atoms with Gasteiger partial charge in [-0.05, 0) is 12.1 Å². The molecule has 0 aliphatic heterocycles. The average Bonchev–Trinajstić information content (AvgIpc) is 2.72. The lowest BCUT2D eigenvalue weighted by Gasteiger charge is -1.99. The van der Waals surface area contributed by atoms with E-state index in [2.05, 4.69) is 26.1 Å². The van der Waals surface area contributed by atoms with Crippen LogP contribution in [-0.4, -0.2) is 21.7 Å². The van der Waals surface area contributed by atoms with Gasteiger partial charge in [0.15, 0.2) is 5.78 Å². The highest BCUT2D eigenvalue weighted by atomic mass is 79.9. The molecule has 1 aromatic carbocycles. The molecule has 88 valence electrons. The number of nitrogens with zero attached hydrogens (tertiary/aromatic N) is 2. The van der Waals surface area contributed by atoms with Crippen molar-refractivity contribution in [3.63, 3.8) is 0 Å². The molecular formula is C11H9BrN2O2S. The van der Waals surface area contributed by atoms with Gasteiger partial charge in [0.05, 0.1) is 5.75 Å². The van der Waals surface area contributed by atoms with E-state index in [0.29, 0.717) is 16.7 Å². The van der Waals surface area contributed by atoms with Crippen molar-refractivity contribution in [3.8, 4) is 0 Å². The maximum Gasteiger partial charge on any atom is 0.277 e. The Kier molecular flexibility index (Phi) is 3.96. The Morgan fingerprint density at radius 3 is 2.94 bits per heavy atom. The normalized spacial score (nSPS) is 10.5. The molecule has 0 N–H and O–H groups in total. The molecular weight excluding hydrogens is 304 g/mol. The smallest absolute Gasteiger partial charge is 0.277 e. The van der Waals surface area contributed by atoms with E-state index in [4.69, 9.17) is 4.42 Å². The molecule has 0 amide bonds. The number of hydrogen-bond donors (Lipinski definition) is 0. The second-order valence-corrected chi connectivity index (χ2v) is 5.15. The van der Waals surface area contributed by atoms with Crippen molar-refractivity contribution in [1.82, 2.24) is 10.2 Å². The molecule has 0 atom stereocenters. The number of carbonyl (C=O) groups is 1. The molecule has 6 heteroatoms. The third-order valence-electron chi connectivity index (χ3n) is 1.98. The van der Waals surface area contributed by atoms with Gasteiger partial charge in [0, 0.05) is 17.0 Å². The highest BCUT2D eigenvalue weighted by Gasteiger charge is 2.10. The molecule has 0 bridgehead atoms. The van der Waals surface area contributed by atoms with Gasteiger partial charge in [-0.3, -0.25) is 4.79 Å². The minimum atomic E-state index is 0.0344. The van der Waals surface area contributed by atoms with Gasteiger partial charge in [-0.25, -0.2) is 0 Å². The van der Waals surface area contributed by atoms with Crippen molar-refractivity contribution in [2.45, 2.75) is 12.1 Å². The van der Waals surface area contributed by atoms with Crippen molar-refractivity contribution < 1.29 is 9.21 Å². The second-order valence-electron chi connectivity index (χ2n) is 3.31. The molecule has 4 nitrogen and oxygen atoms in total. The van der Waals surface area contributed by atoms with E-state index < -0.39 is 0 Å². The number of hydrogen-bond acceptors (Lipinski definition) is 5. The van der Waals surface area contributed by atoms with E-state index in [0.717, 1.165) is 4.47 Å². The summed E-state index contributed by atoms with van der Waals surface area (Å²) in [5.74, 6) is 0.826. The van der Waals surface area contributed by atoms with E-state index in [1.54, 1.807) is 19.1 Å². The number of Topliss-reactive ketones (excluding diaryl/α,β-unsaturated/α-hetero) is 1. The summed E-state index contributed by atoms with van der Waals surface area (Å²) in [7, 11) is 0. The fourth-order valence-corrected chi connectivity index (χ4v) is 2.31. The molecule has 1 heterocycles. The number of aryl methyl sites for hydroxylation is 1. The van der Waals surface area contributed by atoms with Gasteiger partial charge >= 0.3 is 0 Å². The minimum Gasteiger partial charge on any atom is -0.416 e. The summed E-state index contributed by atoms with van der Waals surface area (Å²) in [6.45, 7) is 1.72. The van der Waals surface area contributed by atoms with Gasteiger partial charge < -0.3 is 4.42 Å². The molecule has 0 fully saturated rings. The third kappa shape index (κ3) is 3.41. The minimum absolute atomic E-state index is 0.0344. The van der Waals surface area contributed by atoms with E-state index in [1.807, 2.05) is 12.1 Å². The molecule has 0 aliphatic carbocycles. The zero-order chi connectivity index (χ0) is 12.3. The summed E-state index contributed by atoms with van der Waals surface area (Å²) in [4.78, 5) is 11.8. The average molecular weight is 313 g/mol. The zero-order valence-electron chi connectivity index (χ0n) is 9.01. The van der Waals surface area contributed by atoms with Gasteiger partial charge in [0.1, 0.15) is 0 Å². The van der Waals surface area contributed by atoms with E-state index in [9.17, 15) is 4.79 Å². The first-order valence-corrected chi connectivity index (χ1v) is 6.64. The molecule has 0 spiro atoms. The van der Waals surface area contributed by atoms with Gasteiger partial charge in [-0.2, -0.15) is 0 Å². The lowest BCUT2D eigenvalue weighted by Crippen LogP contribution is -2.02. The maximum atomic E-state index is 11.8. The second kappa shape index (κ2) is 5.46. The Bertz CT molecular complexity index is 542. The summed E-state index contributed by atoms with van der Waals surface area (Å²) in [5, 5.41) is 7.93. The van der Waals surface area contributed by atoms with Crippen LogP contribution in [0.4, 0.5) is 0 Å². The molecule has 2 rings (SSSR count). The number of benzene rings is 1. The molecule has 0 saturated carbocycles. The van der Waals surface area contributed by atoms with Crippen LogP contribution < -0.4 is 0 Å². The summed E-state index contributed by atoms with van der Waals surface area (Å²) in [5.41, 5.74) is 0.670. The van der Waals surface area contributed by atoms with Gasteiger partial charge in [0.25, 0.3) is 5.22 Å².